The highest BCUT2D eigenvalue weighted by Gasteiger charge is 2.42. The number of thiol groups is 2. The summed E-state index contributed by atoms with van der Waals surface area (Å²) in [4.78, 5) is 232. The van der Waals surface area contributed by atoms with Gasteiger partial charge in [0.05, 0.1) is 32.2 Å². The van der Waals surface area contributed by atoms with Crippen LogP contribution < -0.4 is 81.4 Å². The van der Waals surface area contributed by atoms with Gasteiger partial charge in [0, 0.05) is 44.0 Å². The van der Waals surface area contributed by atoms with Gasteiger partial charge in [0.15, 0.2) is 5.96 Å². The summed E-state index contributed by atoms with van der Waals surface area (Å²) in [6, 6.07) is -18.0. The predicted molar refractivity (Wildman–Crippen MR) is 368 cm³/mol. The summed E-state index contributed by atoms with van der Waals surface area (Å²) in [7, 11) is 0. The number of likely N-dealkylation sites (tertiary alicyclic amines) is 2. The second-order valence-corrected chi connectivity index (χ2v) is 26.3. The third kappa shape index (κ3) is 31.3. The molecule has 0 unspecified atom stereocenters. The Morgan fingerprint density at radius 2 is 1.04 bits per heavy atom. The van der Waals surface area contributed by atoms with Gasteiger partial charge in [-0.2, -0.15) is 37.0 Å². The van der Waals surface area contributed by atoms with Crippen LogP contribution in [0.2, 0.25) is 0 Å². The zero-order chi connectivity index (χ0) is 76.4. The van der Waals surface area contributed by atoms with Crippen molar-refractivity contribution in [2.75, 3.05) is 62.8 Å². The van der Waals surface area contributed by atoms with Crippen LogP contribution in [-0.2, 0) is 81.5 Å². The van der Waals surface area contributed by atoms with Gasteiger partial charge in [-0.15, -0.1) is 0 Å². The van der Waals surface area contributed by atoms with Crippen LogP contribution in [0.3, 0.4) is 0 Å². The van der Waals surface area contributed by atoms with Crippen molar-refractivity contribution in [3.05, 3.63) is 0 Å². The molecule has 2 heterocycles. The number of hydrogen-bond donors (Lipinski definition) is 21. The molecule has 2 rings (SSSR count). The lowest BCUT2D eigenvalue weighted by Gasteiger charge is -2.30. The molecule has 0 radical (unpaired) electrons. The fourth-order valence-corrected chi connectivity index (χ4v) is 11.2. The van der Waals surface area contributed by atoms with Crippen molar-refractivity contribution in [1.29, 1.82) is 0 Å². The number of carboxylic acid groups (broad SMARTS) is 3. The number of aliphatic imine (C=N–C) groups is 1. The molecule has 23 N–H and O–H groups in total. The number of primary amides is 1. The van der Waals surface area contributed by atoms with Gasteiger partial charge in [0.25, 0.3) is 0 Å². The lowest BCUT2D eigenvalue weighted by atomic mass is 10.0. The maximum atomic E-state index is 14.4. The van der Waals surface area contributed by atoms with Crippen molar-refractivity contribution < 1.29 is 102 Å². The number of amides is 14. The first-order chi connectivity index (χ1) is 47.5. The quantitative estimate of drug-likeness (QED) is 0.0116. The van der Waals surface area contributed by atoms with Crippen molar-refractivity contribution in [2.45, 2.75) is 184 Å². The van der Waals surface area contributed by atoms with Crippen molar-refractivity contribution in [3.8, 4) is 0 Å². The van der Waals surface area contributed by atoms with E-state index >= 15 is 0 Å². The molecule has 0 aromatic heterocycles. The van der Waals surface area contributed by atoms with Gasteiger partial charge in [-0.1, -0.05) is 27.7 Å². The summed E-state index contributed by atoms with van der Waals surface area (Å²) in [5, 5.41) is 65.2. The number of carbonyl (C=O) groups is 17. The van der Waals surface area contributed by atoms with Crippen LogP contribution in [0, 0.1) is 11.8 Å². The Morgan fingerprint density at radius 1 is 0.545 bits per heavy atom. The molecule has 42 heteroatoms. The number of carboxylic acids is 3. The predicted octanol–water partition coefficient (Wildman–Crippen LogP) is -8.06. The summed E-state index contributed by atoms with van der Waals surface area (Å²) in [5.74, 6) is -19.3. The molecule has 101 heavy (non-hydrogen) atoms. The number of carbonyl (C=O) groups excluding carboxylic acids is 14. The zero-order valence-corrected chi connectivity index (χ0v) is 59.4. The molecule has 0 spiro atoms. The lowest BCUT2D eigenvalue weighted by Crippen LogP contribution is -2.62. The molecule has 0 aromatic rings. The van der Waals surface area contributed by atoms with E-state index < -0.39 is 231 Å². The summed E-state index contributed by atoms with van der Waals surface area (Å²) >= 11 is 9.10. The smallest absolute Gasteiger partial charge is 0.327 e. The van der Waals surface area contributed by atoms with E-state index in [0.29, 0.717) is 6.42 Å². The molecular weight excluding hydrogens is 1390 g/mol. The average Bonchev–Trinajstić information content (AvgIpc) is 1.56. The van der Waals surface area contributed by atoms with E-state index in [0.717, 1.165) is 4.90 Å². The number of thioether (sulfide) groups is 1. The average molecular weight is 1490 g/mol. The van der Waals surface area contributed by atoms with Crippen molar-refractivity contribution in [1.82, 2.24) is 68.3 Å². The van der Waals surface area contributed by atoms with Crippen LogP contribution in [0.5, 0.6) is 0 Å². The molecule has 14 amide bonds. The minimum atomic E-state index is -1.89. The van der Waals surface area contributed by atoms with Gasteiger partial charge < -0.3 is 112 Å². The molecule has 2 aliphatic rings. The van der Waals surface area contributed by atoms with Gasteiger partial charge in [-0.25, -0.2) is 4.79 Å². The fourth-order valence-electron chi connectivity index (χ4n) is 10.4. The van der Waals surface area contributed by atoms with Gasteiger partial charge in [-0.05, 0) is 88.1 Å². The Kier molecular flexibility index (Phi) is 39.5. The highest BCUT2D eigenvalue weighted by atomic mass is 32.2. The first kappa shape index (κ1) is 88.3. The Labute approximate surface area is 597 Å². The molecule has 0 saturated carbocycles. The molecule has 2 fully saturated rings. The van der Waals surface area contributed by atoms with Crippen LogP contribution in [0.25, 0.3) is 0 Å². The molecule has 12 atom stereocenters. The number of nitrogens with one attached hydrogen (secondary N) is 11. The first-order valence-corrected chi connectivity index (χ1v) is 35.1. The standard InChI is InChI=1S/C59H98N18O21S3/c1-28(2)21-35(72-49(88)33(16-20-101-5)69-48(87)32(12-14-44(82)83)70-55(94)40-11-7-18-76(40)43(81)24-66-47(86)30(60)26-99)51(90)73-36(22-41(61)79)52(91)68-31(9-6-17-64-59(62)63)50(89)75-46(29(3)4)56(95)74-37(25-78)53(92)71-34(13-15-45(84)85)57(96)77-19-8-10-39(77)54(93)65-23-42(80)67-38(27-100)58(97)98/h28-40,46,78,99-100H,6-27,60H2,1-5H3,(H2,61,79)(H,65,93)(H,66,86)(H,67,80)(H,68,91)(H,69,87)(H,70,94)(H,71,92)(H,72,88)(H,73,90)(H,74,95)(H,75,89)(H,82,83)(H,84,85)(H,97,98)(H4,62,63,64)/t30-,31-,32-,33-,34-,35-,36-,37-,38-,39-,40-,46-/m0/s1. The number of aliphatic carboxylic acids is 3. The summed E-state index contributed by atoms with van der Waals surface area (Å²) in [6.45, 7) is 3.85. The monoisotopic (exact) mass is 1490 g/mol. The number of nitrogens with two attached hydrogens (primary N) is 4. The Bertz CT molecular complexity index is 2980. The normalized spacial score (nSPS) is 17.1. The van der Waals surface area contributed by atoms with Gasteiger partial charge in [-0.3, -0.25) is 81.7 Å². The molecule has 2 aliphatic heterocycles. The third-order valence-electron chi connectivity index (χ3n) is 15.7. The number of hydrogen-bond acceptors (Lipinski definition) is 23. The Hall–Kier alpha value is -8.77. The minimum absolute atomic E-state index is 0.0109. The maximum absolute atomic E-state index is 14.4. The van der Waals surface area contributed by atoms with Crippen LogP contribution >= 0.6 is 37.0 Å². The first-order valence-electron chi connectivity index (χ1n) is 32.5. The molecule has 568 valence electrons. The second-order valence-electron chi connectivity index (χ2n) is 24.5. The van der Waals surface area contributed by atoms with E-state index in [-0.39, 0.29) is 93.7 Å². The van der Waals surface area contributed by atoms with Gasteiger partial charge >= 0.3 is 17.9 Å². The van der Waals surface area contributed by atoms with Crippen LogP contribution in [-0.4, -0.2) is 272 Å². The zero-order valence-electron chi connectivity index (χ0n) is 56.8. The molecule has 0 aromatic carbocycles. The van der Waals surface area contributed by atoms with Crippen molar-refractivity contribution in [3.63, 3.8) is 0 Å². The number of guanidine groups is 1. The number of rotatable bonds is 46. The summed E-state index contributed by atoms with van der Waals surface area (Å²) in [6.07, 6.45) is -1.34. The highest BCUT2D eigenvalue weighted by Crippen LogP contribution is 2.21. The van der Waals surface area contributed by atoms with Crippen LogP contribution in [0.4, 0.5) is 0 Å². The third-order valence-corrected chi connectivity index (χ3v) is 17.1. The van der Waals surface area contributed by atoms with Crippen molar-refractivity contribution in [2.24, 2.45) is 39.8 Å². The minimum Gasteiger partial charge on any atom is -0.481 e. The van der Waals surface area contributed by atoms with Crippen LogP contribution in [0.15, 0.2) is 4.99 Å². The molecule has 0 aliphatic carbocycles. The van der Waals surface area contributed by atoms with E-state index in [4.69, 9.17) is 22.9 Å². The van der Waals surface area contributed by atoms with Crippen molar-refractivity contribution >= 4 is 144 Å². The summed E-state index contributed by atoms with van der Waals surface area (Å²) in [5.41, 5.74) is 22.3. The Morgan fingerprint density at radius 3 is 1.56 bits per heavy atom. The summed E-state index contributed by atoms with van der Waals surface area (Å²) < 4.78 is 0. The fraction of sp³-hybridized carbons (Fsp3) is 0.695. The Balaban J connectivity index is 2.42. The SMILES string of the molecule is CSCC[C@H](NC(=O)[C@H](CCC(=O)O)NC(=O)[C@@H]1CCCN1C(=O)CNC(=O)[C@@H](N)CS)C(=O)N[C@@H](CC(C)C)C(=O)N[C@@H](CC(N)=O)C(=O)N[C@@H](CCCN=C(N)N)C(=O)N[C@H](C(=O)N[C@@H](CO)C(=O)N[C@@H](CCC(=O)O)C(=O)N1CCC[C@H]1C(=O)NCC(=O)N[C@@H](CS)C(=O)O)C(C)C. The van der Waals surface area contributed by atoms with Gasteiger partial charge in [0.1, 0.15) is 66.5 Å². The lowest BCUT2D eigenvalue weighted by molar-refractivity contribution is -0.144. The highest BCUT2D eigenvalue weighted by molar-refractivity contribution is 7.98. The van der Waals surface area contributed by atoms with E-state index in [1.165, 1.54) is 30.5 Å². The second kappa shape index (κ2) is 45.2. The molecular formula is C59H98N18O21S3. The van der Waals surface area contributed by atoms with Crippen LogP contribution in [0.1, 0.15) is 111 Å². The molecule has 0 bridgehead atoms. The molecule has 2 saturated heterocycles. The van der Waals surface area contributed by atoms with E-state index in [1.807, 2.05) is 0 Å². The molecule has 39 nitrogen and oxygen atoms in total. The number of nitrogens with zero attached hydrogens (tertiary/aromatic N) is 3. The van der Waals surface area contributed by atoms with E-state index in [2.05, 4.69) is 88.7 Å². The van der Waals surface area contributed by atoms with E-state index in [9.17, 15) is 102 Å². The van der Waals surface area contributed by atoms with E-state index in [1.54, 1.807) is 20.1 Å². The van der Waals surface area contributed by atoms with Gasteiger partial charge in [0.2, 0.25) is 82.7 Å². The largest absolute Gasteiger partial charge is 0.481 e. The maximum Gasteiger partial charge on any atom is 0.327 e. The number of aliphatic hydroxyl groups is 1. The number of aliphatic hydroxyl groups excluding tert-OH is 1. The topological polar surface area (TPSA) is 626 Å².